The molecule has 0 aliphatic heterocycles. The van der Waals surface area contributed by atoms with E-state index in [0.717, 1.165) is 5.75 Å². The fourth-order valence-electron chi connectivity index (χ4n) is 2.14. The number of carbonyl (C=O) groups excluding carboxylic acids is 1. The van der Waals surface area contributed by atoms with Gasteiger partial charge in [-0.05, 0) is 31.2 Å². The van der Waals surface area contributed by atoms with E-state index < -0.39 is 0 Å². The van der Waals surface area contributed by atoms with Gasteiger partial charge in [-0.1, -0.05) is 0 Å². The molecular weight excluding hydrogens is 324 g/mol. The number of rotatable bonds is 8. The second-order valence-electron chi connectivity index (χ2n) is 5.04. The van der Waals surface area contributed by atoms with Crippen LogP contribution in [0.15, 0.2) is 36.4 Å². The quantitative estimate of drug-likeness (QED) is 0.714. The Morgan fingerprint density at radius 2 is 1.56 bits per heavy atom. The number of methoxy groups -OCH3 is 2. The first-order valence-electron chi connectivity index (χ1n) is 7.74. The number of benzene rings is 2. The van der Waals surface area contributed by atoms with Crippen molar-refractivity contribution in [2.24, 2.45) is 0 Å². The van der Waals surface area contributed by atoms with Crippen LogP contribution in [0.25, 0.3) is 0 Å². The smallest absolute Gasteiger partial charge is 0.262 e. The standard InChI is InChI=1S/C18H22N2O5/c1-4-24-12-5-7-13(8-6-12)25-11-18(21)20-15-10-17(23-3)16(22-2)9-14(15)19/h5-10H,4,11,19H2,1-3H3,(H,20,21). The topological polar surface area (TPSA) is 92.0 Å². The van der Waals surface area contributed by atoms with Crippen LogP contribution < -0.4 is 30.0 Å². The summed E-state index contributed by atoms with van der Waals surface area (Å²) in [5, 5.41) is 2.69. The molecule has 0 bridgehead atoms. The van der Waals surface area contributed by atoms with E-state index in [1.165, 1.54) is 14.2 Å². The highest BCUT2D eigenvalue weighted by Gasteiger charge is 2.12. The van der Waals surface area contributed by atoms with E-state index in [2.05, 4.69) is 5.32 Å². The molecule has 2 rings (SSSR count). The number of carbonyl (C=O) groups is 1. The predicted molar refractivity (Wildman–Crippen MR) is 95.7 cm³/mol. The monoisotopic (exact) mass is 346 g/mol. The minimum absolute atomic E-state index is 0.151. The molecule has 2 aromatic carbocycles. The SMILES string of the molecule is CCOc1ccc(OCC(=O)Nc2cc(OC)c(OC)cc2N)cc1. The lowest BCUT2D eigenvalue weighted by molar-refractivity contribution is -0.118. The van der Waals surface area contributed by atoms with Gasteiger partial charge in [0, 0.05) is 12.1 Å². The van der Waals surface area contributed by atoms with Gasteiger partial charge in [0.25, 0.3) is 5.91 Å². The molecule has 1 amide bonds. The Morgan fingerprint density at radius 3 is 2.12 bits per heavy atom. The third-order valence-corrected chi connectivity index (χ3v) is 3.33. The maximum Gasteiger partial charge on any atom is 0.262 e. The summed E-state index contributed by atoms with van der Waals surface area (Å²) in [4.78, 5) is 12.1. The van der Waals surface area contributed by atoms with Crippen LogP contribution >= 0.6 is 0 Å². The van der Waals surface area contributed by atoms with E-state index in [1.54, 1.807) is 36.4 Å². The highest BCUT2D eigenvalue weighted by molar-refractivity contribution is 5.95. The van der Waals surface area contributed by atoms with Gasteiger partial charge in [0.1, 0.15) is 11.5 Å². The minimum atomic E-state index is -0.340. The molecule has 0 aliphatic rings. The van der Waals surface area contributed by atoms with Crippen molar-refractivity contribution in [3.8, 4) is 23.0 Å². The molecule has 0 fully saturated rings. The lowest BCUT2D eigenvalue weighted by atomic mass is 10.2. The number of hydrogen-bond donors (Lipinski definition) is 2. The van der Waals surface area contributed by atoms with Gasteiger partial charge in [-0.3, -0.25) is 4.79 Å². The fourth-order valence-corrected chi connectivity index (χ4v) is 2.14. The summed E-state index contributed by atoms with van der Waals surface area (Å²) < 4.78 is 21.2. The zero-order valence-electron chi connectivity index (χ0n) is 14.5. The van der Waals surface area contributed by atoms with E-state index in [4.69, 9.17) is 24.7 Å². The van der Waals surface area contributed by atoms with Gasteiger partial charge in [-0.25, -0.2) is 0 Å². The maximum atomic E-state index is 12.1. The minimum Gasteiger partial charge on any atom is -0.494 e. The molecule has 3 N–H and O–H groups in total. The van der Waals surface area contributed by atoms with E-state index in [-0.39, 0.29) is 12.5 Å². The molecular formula is C18H22N2O5. The van der Waals surface area contributed by atoms with Gasteiger partial charge in [0.15, 0.2) is 18.1 Å². The number of nitrogens with two attached hydrogens (primary N) is 1. The summed E-state index contributed by atoms with van der Waals surface area (Å²) >= 11 is 0. The van der Waals surface area contributed by atoms with E-state index in [1.807, 2.05) is 6.92 Å². The average Bonchev–Trinajstić information content (AvgIpc) is 2.62. The van der Waals surface area contributed by atoms with Crippen LogP contribution in [-0.4, -0.2) is 33.3 Å². The Morgan fingerprint density at radius 1 is 1.00 bits per heavy atom. The van der Waals surface area contributed by atoms with Crippen LogP contribution in [0, 0.1) is 0 Å². The summed E-state index contributed by atoms with van der Waals surface area (Å²) in [6.07, 6.45) is 0. The number of hydrogen-bond acceptors (Lipinski definition) is 6. The molecule has 134 valence electrons. The van der Waals surface area contributed by atoms with E-state index in [0.29, 0.717) is 35.2 Å². The first kappa shape index (κ1) is 18.3. The molecule has 0 heterocycles. The van der Waals surface area contributed by atoms with Crippen molar-refractivity contribution in [2.45, 2.75) is 6.92 Å². The van der Waals surface area contributed by atoms with Crippen molar-refractivity contribution < 1.29 is 23.7 Å². The molecule has 7 heteroatoms. The van der Waals surface area contributed by atoms with Crippen LogP contribution in [0.3, 0.4) is 0 Å². The van der Waals surface area contributed by atoms with Crippen molar-refractivity contribution >= 4 is 17.3 Å². The van der Waals surface area contributed by atoms with Gasteiger partial charge in [-0.2, -0.15) is 0 Å². The Labute approximate surface area is 146 Å². The van der Waals surface area contributed by atoms with Crippen LogP contribution in [0.4, 0.5) is 11.4 Å². The predicted octanol–water partition coefficient (Wildman–Crippen LogP) is 2.70. The molecule has 0 unspecified atom stereocenters. The molecule has 0 spiro atoms. The molecule has 0 aliphatic carbocycles. The second-order valence-corrected chi connectivity index (χ2v) is 5.04. The van der Waals surface area contributed by atoms with Crippen molar-refractivity contribution in [1.29, 1.82) is 0 Å². The maximum absolute atomic E-state index is 12.1. The third kappa shape index (κ3) is 4.94. The second kappa shape index (κ2) is 8.68. The van der Waals surface area contributed by atoms with Gasteiger partial charge < -0.3 is 30.0 Å². The highest BCUT2D eigenvalue weighted by atomic mass is 16.5. The lowest BCUT2D eigenvalue weighted by Gasteiger charge is -2.13. The third-order valence-electron chi connectivity index (χ3n) is 3.33. The Bertz CT molecular complexity index is 716. The molecule has 0 atom stereocenters. The Hall–Kier alpha value is -3.09. The van der Waals surface area contributed by atoms with E-state index >= 15 is 0 Å². The number of anilines is 2. The molecule has 0 aromatic heterocycles. The molecule has 0 radical (unpaired) electrons. The lowest BCUT2D eigenvalue weighted by Crippen LogP contribution is -2.20. The normalized spacial score (nSPS) is 10.0. The average molecular weight is 346 g/mol. The van der Waals surface area contributed by atoms with Gasteiger partial charge in [-0.15, -0.1) is 0 Å². The van der Waals surface area contributed by atoms with Gasteiger partial charge in [0.2, 0.25) is 0 Å². The van der Waals surface area contributed by atoms with Crippen molar-refractivity contribution in [1.82, 2.24) is 0 Å². The first-order chi connectivity index (χ1) is 12.1. The molecule has 25 heavy (non-hydrogen) atoms. The Kier molecular flexibility index (Phi) is 6.33. The van der Waals surface area contributed by atoms with Crippen molar-refractivity contribution in [3.05, 3.63) is 36.4 Å². The summed E-state index contributed by atoms with van der Waals surface area (Å²) in [6.45, 7) is 2.35. The molecule has 7 nitrogen and oxygen atoms in total. The molecule has 2 aromatic rings. The Balaban J connectivity index is 1.96. The zero-order valence-corrected chi connectivity index (χ0v) is 14.5. The number of amides is 1. The van der Waals surface area contributed by atoms with Crippen LogP contribution in [-0.2, 0) is 4.79 Å². The molecule has 0 saturated heterocycles. The summed E-state index contributed by atoms with van der Waals surface area (Å²) in [6, 6.07) is 10.2. The number of nitrogen functional groups attached to an aromatic ring is 1. The van der Waals surface area contributed by atoms with Gasteiger partial charge >= 0.3 is 0 Å². The van der Waals surface area contributed by atoms with Crippen molar-refractivity contribution in [2.75, 3.05) is 38.5 Å². The highest BCUT2D eigenvalue weighted by Crippen LogP contribution is 2.34. The van der Waals surface area contributed by atoms with E-state index in [9.17, 15) is 4.79 Å². The van der Waals surface area contributed by atoms with Crippen LogP contribution in [0.2, 0.25) is 0 Å². The number of ether oxygens (including phenoxy) is 4. The zero-order chi connectivity index (χ0) is 18.2. The summed E-state index contributed by atoms with van der Waals surface area (Å²) in [5.74, 6) is 1.94. The summed E-state index contributed by atoms with van der Waals surface area (Å²) in [5.41, 5.74) is 6.71. The van der Waals surface area contributed by atoms with Crippen molar-refractivity contribution in [3.63, 3.8) is 0 Å². The van der Waals surface area contributed by atoms with Crippen LogP contribution in [0.1, 0.15) is 6.92 Å². The number of nitrogens with one attached hydrogen (secondary N) is 1. The molecule has 0 saturated carbocycles. The fraction of sp³-hybridized carbons (Fsp3) is 0.278. The van der Waals surface area contributed by atoms with Gasteiger partial charge in [0.05, 0.1) is 32.2 Å². The van der Waals surface area contributed by atoms with Crippen LogP contribution in [0.5, 0.6) is 23.0 Å². The summed E-state index contributed by atoms with van der Waals surface area (Å²) in [7, 11) is 3.02. The largest absolute Gasteiger partial charge is 0.494 e. The first-order valence-corrected chi connectivity index (χ1v) is 7.74.